The summed E-state index contributed by atoms with van der Waals surface area (Å²) in [5, 5.41) is 0. The van der Waals surface area contributed by atoms with Crippen LogP contribution in [0.2, 0.25) is 0 Å². The van der Waals surface area contributed by atoms with E-state index in [4.69, 9.17) is 9.47 Å². The van der Waals surface area contributed by atoms with Crippen LogP contribution in [-0.2, 0) is 0 Å². The monoisotopic (exact) mass is 490 g/mol. The molecular formula is C26H18O2S4. The number of hydrogen-bond acceptors (Lipinski definition) is 6. The summed E-state index contributed by atoms with van der Waals surface area (Å²) in [6, 6.07) is 24.5. The maximum atomic E-state index is 6.32. The molecule has 6 rings (SSSR count). The lowest BCUT2D eigenvalue weighted by Gasteiger charge is -2.38. The van der Waals surface area contributed by atoms with E-state index in [2.05, 4.69) is 74.8 Å². The van der Waals surface area contributed by atoms with Crippen LogP contribution in [0.3, 0.4) is 0 Å². The number of fused-ring (bicyclic) bond motifs is 4. The Morgan fingerprint density at radius 2 is 0.656 bits per heavy atom. The van der Waals surface area contributed by atoms with E-state index in [0.29, 0.717) is 0 Å². The van der Waals surface area contributed by atoms with Crippen LogP contribution in [0.5, 0.6) is 23.0 Å². The average molecular weight is 491 g/mol. The molecule has 6 heteroatoms. The van der Waals surface area contributed by atoms with Crippen molar-refractivity contribution in [1.29, 1.82) is 0 Å². The van der Waals surface area contributed by atoms with Crippen LogP contribution >= 0.6 is 50.5 Å². The molecule has 0 unspecified atom stereocenters. The van der Waals surface area contributed by atoms with Gasteiger partial charge in [0.25, 0.3) is 0 Å². The zero-order valence-corrected chi connectivity index (χ0v) is 20.3. The lowest BCUT2D eigenvalue weighted by atomic mass is 9.71. The molecule has 0 radical (unpaired) electrons. The Kier molecular flexibility index (Phi) is 4.95. The van der Waals surface area contributed by atoms with Gasteiger partial charge in [-0.3, -0.25) is 0 Å². The van der Waals surface area contributed by atoms with E-state index in [-0.39, 0.29) is 11.8 Å². The van der Waals surface area contributed by atoms with Crippen molar-refractivity contribution in [2.75, 3.05) is 0 Å². The number of hydrogen-bond donors (Lipinski definition) is 4. The second kappa shape index (κ2) is 7.73. The van der Waals surface area contributed by atoms with Crippen molar-refractivity contribution in [3.63, 3.8) is 0 Å². The van der Waals surface area contributed by atoms with Crippen LogP contribution in [0.25, 0.3) is 0 Å². The molecule has 0 fully saturated rings. The van der Waals surface area contributed by atoms with Crippen molar-refractivity contribution in [3.8, 4) is 23.0 Å². The van der Waals surface area contributed by atoms with Gasteiger partial charge in [-0.1, -0.05) is 24.3 Å². The minimum absolute atomic E-state index is 0.0227. The van der Waals surface area contributed by atoms with E-state index in [1.165, 1.54) is 0 Å². The van der Waals surface area contributed by atoms with E-state index in [9.17, 15) is 0 Å². The molecule has 2 aliphatic rings. The molecule has 158 valence electrons. The van der Waals surface area contributed by atoms with Gasteiger partial charge in [-0.2, -0.15) is 0 Å². The van der Waals surface area contributed by atoms with Crippen molar-refractivity contribution in [1.82, 2.24) is 0 Å². The highest BCUT2D eigenvalue weighted by Crippen LogP contribution is 2.58. The second-order valence-corrected chi connectivity index (χ2v) is 10.1. The first-order chi connectivity index (χ1) is 15.5. The maximum absolute atomic E-state index is 6.32. The summed E-state index contributed by atoms with van der Waals surface area (Å²) in [5.41, 5.74) is 4.48. The molecule has 2 heterocycles. The third-order valence-corrected chi connectivity index (χ3v) is 7.21. The molecule has 32 heavy (non-hydrogen) atoms. The first kappa shape index (κ1) is 20.5. The van der Waals surface area contributed by atoms with Crippen molar-refractivity contribution in [2.45, 2.75) is 31.4 Å². The molecule has 0 spiro atoms. The topological polar surface area (TPSA) is 18.5 Å². The minimum Gasteiger partial charge on any atom is -0.457 e. The summed E-state index contributed by atoms with van der Waals surface area (Å²) >= 11 is 18.2. The van der Waals surface area contributed by atoms with Crippen LogP contribution in [0.1, 0.15) is 34.1 Å². The van der Waals surface area contributed by atoms with E-state index < -0.39 is 0 Å². The zero-order chi connectivity index (χ0) is 22.0. The Bertz CT molecular complexity index is 1190. The van der Waals surface area contributed by atoms with Gasteiger partial charge in [0.15, 0.2) is 0 Å². The summed E-state index contributed by atoms with van der Waals surface area (Å²) < 4.78 is 12.6. The van der Waals surface area contributed by atoms with Crippen LogP contribution in [-0.4, -0.2) is 0 Å². The lowest BCUT2D eigenvalue weighted by Crippen LogP contribution is -2.22. The highest BCUT2D eigenvalue weighted by atomic mass is 32.1. The minimum atomic E-state index is 0.0227. The molecule has 0 saturated heterocycles. The van der Waals surface area contributed by atoms with Gasteiger partial charge in [-0.25, -0.2) is 0 Å². The molecular weight excluding hydrogens is 473 g/mol. The van der Waals surface area contributed by atoms with E-state index in [0.717, 1.165) is 64.8 Å². The van der Waals surface area contributed by atoms with Gasteiger partial charge >= 0.3 is 0 Å². The Balaban J connectivity index is 1.65. The number of ether oxygens (including phenoxy) is 2. The van der Waals surface area contributed by atoms with Crippen LogP contribution in [0, 0.1) is 0 Å². The first-order valence-electron chi connectivity index (χ1n) is 10.2. The van der Waals surface area contributed by atoms with Gasteiger partial charge in [0, 0.05) is 53.7 Å². The maximum Gasteiger partial charge on any atom is 0.132 e. The Labute approximate surface area is 208 Å². The summed E-state index contributed by atoms with van der Waals surface area (Å²) in [5.74, 6) is 3.32. The second-order valence-electron chi connectivity index (χ2n) is 8.05. The standard InChI is InChI=1S/C26H18O2S4/c29-13-1-5-17-21(9-13)27-22-10-14(30)2-6-18(22)25(17)26-19-7-3-15(31)11-23(19)28-24-12-16(32)4-8-20(24)26/h1-12,25-26,29-32H. The van der Waals surface area contributed by atoms with Crippen LogP contribution < -0.4 is 9.47 Å². The van der Waals surface area contributed by atoms with E-state index >= 15 is 0 Å². The normalized spacial score (nSPS) is 14.5. The Morgan fingerprint density at radius 1 is 0.406 bits per heavy atom. The van der Waals surface area contributed by atoms with Crippen molar-refractivity contribution < 1.29 is 9.47 Å². The molecule has 2 nitrogen and oxygen atoms in total. The number of benzene rings is 4. The van der Waals surface area contributed by atoms with Crippen molar-refractivity contribution in [2.24, 2.45) is 0 Å². The third-order valence-electron chi connectivity index (χ3n) is 6.10. The predicted octanol–water partition coefficient (Wildman–Crippen LogP) is 8.02. The lowest BCUT2D eigenvalue weighted by molar-refractivity contribution is 0.410. The Hall–Kier alpha value is -2.12. The highest BCUT2D eigenvalue weighted by Gasteiger charge is 2.40. The third kappa shape index (κ3) is 3.32. The van der Waals surface area contributed by atoms with Crippen LogP contribution in [0.15, 0.2) is 92.4 Å². The molecule has 0 amide bonds. The number of thiol groups is 4. The van der Waals surface area contributed by atoms with Crippen molar-refractivity contribution >= 4 is 50.5 Å². The summed E-state index contributed by atoms with van der Waals surface area (Å²) in [6.07, 6.45) is 0. The molecule has 0 N–H and O–H groups in total. The molecule has 0 bridgehead atoms. The zero-order valence-electron chi connectivity index (χ0n) is 16.7. The van der Waals surface area contributed by atoms with Gasteiger partial charge in [0.2, 0.25) is 0 Å². The predicted molar refractivity (Wildman–Crippen MR) is 139 cm³/mol. The van der Waals surface area contributed by atoms with Gasteiger partial charge < -0.3 is 9.47 Å². The van der Waals surface area contributed by atoms with Gasteiger partial charge in [0.1, 0.15) is 23.0 Å². The quantitative estimate of drug-likeness (QED) is 0.203. The summed E-state index contributed by atoms with van der Waals surface area (Å²) in [6.45, 7) is 0. The van der Waals surface area contributed by atoms with Gasteiger partial charge in [-0.05, 0) is 48.5 Å². The summed E-state index contributed by atoms with van der Waals surface area (Å²) in [7, 11) is 0. The summed E-state index contributed by atoms with van der Waals surface area (Å²) in [4.78, 5) is 3.45. The van der Waals surface area contributed by atoms with E-state index in [1.807, 2.05) is 48.5 Å². The smallest absolute Gasteiger partial charge is 0.132 e. The van der Waals surface area contributed by atoms with Gasteiger partial charge in [0.05, 0.1) is 0 Å². The SMILES string of the molecule is Sc1ccc2c(c1)Oc1cc(S)ccc1C2C1c2ccc(S)cc2Oc2cc(S)ccc21. The molecule has 0 aromatic heterocycles. The van der Waals surface area contributed by atoms with Crippen LogP contribution in [0.4, 0.5) is 0 Å². The fourth-order valence-electron chi connectivity index (χ4n) is 4.76. The average Bonchev–Trinajstić information content (AvgIpc) is 2.75. The molecule has 0 aliphatic carbocycles. The Morgan fingerprint density at radius 3 is 0.906 bits per heavy atom. The number of rotatable bonds is 1. The first-order valence-corrected chi connectivity index (χ1v) is 11.9. The molecule has 2 aliphatic heterocycles. The molecule has 0 saturated carbocycles. The molecule has 0 atom stereocenters. The molecule has 4 aromatic carbocycles. The van der Waals surface area contributed by atoms with E-state index in [1.54, 1.807) is 0 Å². The highest BCUT2D eigenvalue weighted by molar-refractivity contribution is 7.80. The fraction of sp³-hybridized carbons (Fsp3) is 0.0769. The molecule has 4 aromatic rings. The fourth-order valence-corrected chi connectivity index (χ4v) is 5.53. The van der Waals surface area contributed by atoms with Gasteiger partial charge in [-0.15, -0.1) is 50.5 Å². The van der Waals surface area contributed by atoms with Crippen molar-refractivity contribution in [3.05, 3.63) is 95.1 Å². The largest absolute Gasteiger partial charge is 0.457 e.